The number of methoxy groups -OCH3 is 1. The summed E-state index contributed by atoms with van der Waals surface area (Å²) in [5, 5.41) is 8.51. The van der Waals surface area contributed by atoms with E-state index in [-0.39, 0.29) is 11.5 Å². The van der Waals surface area contributed by atoms with Crippen molar-refractivity contribution >= 4 is 17.5 Å². The molecule has 0 fully saturated rings. The molecule has 2 heterocycles. The molecule has 0 bridgehead atoms. The maximum atomic E-state index is 12.9. The Morgan fingerprint density at radius 1 is 1.06 bits per heavy atom. The predicted molar refractivity (Wildman–Crippen MR) is 121 cm³/mol. The fourth-order valence-corrected chi connectivity index (χ4v) is 4.06. The van der Waals surface area contributed by atoms with Crippen LogP contribution in [0.2, 0.25) is 0 Å². The van der Waals surface area contributed by atoms with E-state index in [1.165, 1.54) is 17.3 Å². The minimum atomic E-state index is 0.0432. The monoisotopic (exact) mass is 433 g/mol. The standard InChI is InChI=1S/C24H23N3O3S/c1-16-13-21(17(2)27(16)14-18-7-5-4-6-8-18)22(28)15-31-24-26-25-23(30-24)19-9-11-20(29-3)12-10-19/h4-13H,14-15H2,1-3H3. The van der Waals surface area contributed by atoms with Gasteiger partial charge in [0.1, 0.15) is 5.75 Å². The van der Waals surface area contributed by atoms with Gasteiger partial charge in [0.15, 0.2) is 5.78 Å². The summed E-state index contributed by atoms with van der Waals surface area (Å²) < 4.78 is 13.0. The average molecular weight is 434 g/mol. The second kappa shape index (κ2) is 9.22. The van der Waals surface area contributed by atoms with E-state index in [1.807, 2.05) is 62.4 Å². The number of hydrogen-bond donors (Lipinski definition) is 0. The maximum Gasteiger partial charge on any atom is 0.277 e. The van der Waals surface area contributed by atoms with Crippen molar-refractivity contribution in [3.8, 4) is 17.2 Å². The quantitative estimate of drug-likeness (QED) is 0.281. The summed E-state index contributed by atoms with van der Waals surface area (Å²) in [6, 6.07) is 19.6. The lowest BCUT2D eigenvalue weighted by atomic mass is 10.2. The Morgan fingerprint density at radius 2 is 1.81 bits per heavy atom. The Labute approximate surface area is 185 Å². The average Bonchev–Trinajstić information content (AvgIpc) is 3.38. The zero-order valence-electron chi connectivity index (χ0n) is 17.7. The van der Waals surface area contributed by atoms with Crippen LogP contribution in [0, 0.1) is 13.8 Å². The van der Waals surface area contributed by atoms with Crippen molar-refractivity contribution in [1.29, 1.82) is 0 Å². The van der Waals surface area contributed by atoms with Crippen LogP contribution in [0.25, 0.3) is 11.5 Å². The number of Topliss-reactive ketones (excluding diaryl/α,β-unsaturated/α-hetero) is 1. The van der Waals surface area contributed by atoms with Gasteiger partial charge in [0.25, 0.3) is 5.22 Å². The molecular formula is C24H23N3O3S. The molecule has 158 valence electrons. The first-order valence-electron chi connectivity index (χ1n) is 9.89. The number of nitrogens with zero attached hydrogens (tertiary/aromatic N) is 3. The van der Waals surface area contributed by atoms with Gasteiger partial charge in [0.05, 0.1) is 12.9 Å². The number of carbonyl (C=O) groups is 1. The third kappa shape index (κ3) is 4.72. The molecule has 0 saturated carbocycles. The number of hydrogen-bond acceptors (Lipinski definition) is 6. The van der Waals surface area contributed by atoms with Crippen LogP contribution in [-0.4, -0.2) is 33.4 Å². The van der Waals surface area contributed by atoms with Gasteiger partial charge in [-0.15, -0.1) is 10.2 Å². The predicted octanol–water partition coefficient (Wildman–Crippen LogP) is 5.19. The van der Waals surface area contributed by atoms with Gasteiger partial charge in [-0.2, -0.15) is 0 Å². The lowest BCUT2D eigenvalue weighted by molar-refractivity contribution is 0.102. The first-order chi connectivity index (χ1) is 15.0. The van der Waals surface area contributed by atoms with E-state index in [2.05, 4.69) is 26.9 Å². The fourth-order valence-electron chi connectivity index (χ4n) is 3.42. The molecular weight excluding hydrogens is 410 g/mol. The van der Waals surface area contributed by atoms with E-state index in [0.717, 1.165) is 34.8 Å². The lowest BCUT2D eigenvalue weighted by Crippen LogP contribution is -2.07. The number of carbonyl (C=O) groups excluding carboxylic acids is 1. The van der Waals surface area contributed by atoms with E-state index >= 15 is 0 Å². The third-order valence-electron chi connectivity index (χ3n) is 5.13. The molecule has 7 heteroatoms. The molecule has 31 heavy (non-hydrogen) atoms. The zero-order valence-corrected chi connectivity index (χ0v) is 18.5. The molecule has 0 aliphatic rings. The molecule has 0 saturated heterocycles. The highest BCUT2D eigenvalue weighted by atomic mass is 32.2. The highest BCUT2D eigenvalue weighted by molar-refractivity contribution is 7.99. The SMILES string of the molecule is COc1ccc(-c2nnc(SCC(=O)c3cc(C)n(Cc4ccccc4)c3C)o2)cc1. The summed E-state index contributed by atoms with van der Waals surface area (Å²) in [6.45, 7) is 4.76. The van der Waals surface area contributed by atoms with Gasteiger partial charge in [0.2, 0.25) is 5.89 Å². The van der Waals surface area contributed by atoms with Crippen molar-refractivity contribution in [2.24, 2.45) is 0 Å². The largest absolute Gasteiger partial charge is 0.497 e. The van der Waals surface area contributed by atoms with Gasteiger partial charge in [-0.05, 0) is 49.7 Å². The molecule has 6 nitrogen and oxygen atoms in total. The number of aryl methyl sites for hydroxylation is 1. The molecule has 2 aromatic heterocycles. The van der Waals surface area contributed by atoms with Crippen LogP contribution in [0.3, 0.4) is 0 Å². The van der Waals surface area contributed by atoms with Crippen LogP contribution in [0.5, 0.6) is 5.75 Å². The molecule has 0 atom stereocenters. The summed E-state index contributed by atoms with van der Waals surface area (Å²) in [6.07, 6.45) is 0. The molecule has 0 N–H and O–H groups in total. The Morgan fingerprint density at radius 3 is 2.52 bits per heavy atom. The Balaban J connectivity index is 1.42. The normalized spacial score (nSPS) is 10.9. The smallest absolute Gasteiger partial charge is 0.277 e. The van der Waals surface area contributed by atoms with Gasteiger partial charge in [0, 0.05) is 29.1 Å². The lowest BCUT2D eigenvalue weighted by Gasteiger charge is -2.09. The maximum absolute atomic E-state index is 12.9. The molecule has 0 spiro atoms. The molecule has 0 radical (unpaired) electrons. The number of ketones is 1. The number of benzene rings is 2. The highest BCUT2D eigenvalue weighted by Crippen LogP contribution is 2.26. The van der Waals surface area contributed by atoms with Crippen molar-refractivity contribution in [1.82, 2.24) is 14.8 Å². The highest BCUT2D eigenvalue weighted by Gasteiger charge is 2.18. The Kier molecular flexibility index (Phi) is 6.23. The van der Waals surface area contributed by atoms with Crippen LogP contribution in [0.4, 0.5) is 0 Å². The van der Waals surface area contributed by atoms with Gasteiger partial charge < -0.3 is 13.7 Å². The number of rotatable bonds is 8. The second-order valence-electron chi connectivity index (χ2n) is 7.17. The number of thioether (sulfide) groups is 1. The topological polar surface area (TPSA) is 70.2 Å². The van der Waals surface area contributed by atoms with Crippen LogP contribution < -0.4 is 4.74 Å². The van der Waals surface area contributed by atoms with Crippen LogP contribution in [0.1, 0.15) is 27.3 Å². The number of ether oxygens (including phenoxy) is 1. The third-order valence-corrected chi connectivity index (χ3v) is 5.95. The Bertz CT molecular complexity index is 1180. The summed E-state index contributed by atoms with van der Waals surface area (Å²) in [5.41, 5.74) is 4.77. The van der Waals surface area contributed by atoms with Gasteiger partial charge in [-0.1, -0.05) is 42.1 Å². The van der Waals surface area contributed by atoms with Crippen molar-refractivity contribution in [2.75, 3.05) is 12.9 Å². The minimum absolute atomic E-state index is 0.0432. The van der Waals surface area contributed by atoms with E-state index < -0.39 is 0 Å². The summed E-state index contributed by atoms with van der Waals surface area (Å²) >= 11 is 1.25. The van der Waals surface area contributed by atoms with E-state index in [4.69, 9.17) is 9.15 Å². The summed E-state index contributed by atoms with van der Waals surface area (Å²) in [4.78, 5) is 12.9. The van der Waals surface area contributed by atoms with Crippen molar-refractivity contribution in [3.05, 3.63) is 83.2 Å². The van der Waals surface area contributed by atoms with Gasteiger partial charge in [-0.25, -0.2) is 0 Å². The van der Waals surface area contributed by atoms with Crippen LogP contribution in [-0.2, 0) is 6.54 Å². The Hall–Kier alpha value is -3.32. The van der Waals surface area contributed by atoms with E-state index in [0.29, 0.717) is 11.1 Å². The molecule has 0 amide bonds. The number of aromatic nitrogens is 3. The van der Waals surface area contributed by atoms with Crippen molar-refractivity contribution in [3.63, 3.8) is 0 Å². The molecule has 0 aliphatic heterocycles. The van der Waals surface area contributed by atoms with E-state index in [9.17, 15) is 4.79 Å². The molecule has 2 aromatic carbocycles. The molecule has 0 unspecified atom stereocenters. The van der Waals surface area contributed by atoms with Crippen LogP contribution in [0.15, 0.2) is 70.3 Å². The molecule has 4 aromatic rings. The summed E-state index contributed by atoms with van der Waals surface area (Å²) in [5.74, 6) is 1.45. The molecule has 0 aliphatic carbocycles. The fraction of sp³-hybridized carbons (Fsp3) is 0.208. The van der Waals surface area contributed by atoms with Gasteiger partial charge >= 0.3 is 0 Å². The first kappa shape index (κ1) is 20.9. The minimum Gasteiger partial charge on any atom is -0.497 e. The van der Waals surface area contributed by atoms with Gasteiger partial charge in [-0.3, -0.25) is 4.79 Å². The second-order valence-corrected chi connectivity index (χ2v) is 8.10. The van der Waals surface area contributed by atoms with E-state index in [1.54, 1.807) is 7.11 Å². The van der Waals surface area contributed by atoms with Crippen molar-refractivity contribution < 1.29 is 13.9 Å². The zero-order chi connectivity index (χ0) is 21.8. The van der Waals surface area contributed by atoms with Crippen molar-refractivity contribution in [2.45, 2.75) is 25.6 Å². The first-order valence-corrected chi connectivity index (χ1v) is 10.9. The molecule has 4 rings (SSSR count). The van der Waals surface area contributed by atoms with Crippen LogP contribution >= 0.6 is 11.8 Å². The summed E-state index contributed by atoms with van der Waals surface area (Å²) in [7, 11) is 1.62.